The lowest BCUT2D eigenvalue weighted by Crippen LogP contribution is -2.34. The lowest BCUT2D eigenvalue weighted by molar-refractivity contribution is 0.0534. The van der Waals surface area contributed by atoms with Crippen molar-refractivity contribution in [2.45, 2.75) is 18.6 Å². The minimum Gasteiger partial charge on any atom is -0.465 e. The molecule has 90 valence electrons. The summed E-state index contributed by atoms with van der Waals surface area (Å²) in [7, 11) is 0. The summed E-state index contributed by atoms with van der Waals surface area (Å²) in [6.07, 6.45) is 1.22. The highest BCUT2D eigenvalue weighted by atomic mass is 16.5. The second-order valence-electron chi connectivity index (χ2n) is 3.99. The number of amides is 1. The summed E-state index contributed by atoms with van der Waals surface area (Å²) in [5, 5.41) is 11.4. The zero-order valence-corrected chi connectivity index (χ0v) is 9.43. The molecule has 17 heavy (non-hydrogen) atoms. The molecule has 0 aliphatic heterocycles. The van der Waals surface area contributed by atoms with Gasteiger partial charge in [-0.15, -0.1) is 6.58 Å². The highest BCUT2D eigenvalue weighted by Crippen LogP contribution is 2.33. The minimum absolute atomic E-state index is 0.151. The van der Waals surface area contributed by atoms with Gasteiger partial charge >= 0.3 is 6.09 Å². The first-order valence-corrected chi connectivity index (χ1v) is 5.52. The van der Waals surface area contributed by atoms with E-state index in [9.17, 15) is 4.79 Å². The molecule has 4 heteroatoms. The first kappa shape index (κ1) is 11.7. The summed E-state index contributed by atoms with van der Waals surface area (Å²) in [6.45, 7) is 4.02. The van der Waals surface area contributed by atoms with E-state index in [1.165, 1.54) is 0 Å². The molecule has 0 aromatic heterocycles. The number of carboxylic acid groups (broad SMARTS) is 1. The van der Waals surface area contributed by atoms with Gasteiger partial charge < -0.3 is 15.2 Å². The van der Waals surface area contributed by atoms with Crippen LogP contribution < -0.4 is 5.32 Å². The smallest absolute Gasteiger partial charge is 0.405 e. The van der Waals surface area contributed by atoms with Crippen molar-refractivity contribution in [3.8, 4) is 0 Å². The maximum Gasteiger partial charge on any atom is 0.405 e. The van der Waals surface area contributed by atoms with Gasteiger partial charge in [-0.05, 0) is 11.1 Å². The standard InChI is InChI=1S/C13H15NO3/c1-2-7-17-11-8-9-5-3-4-6-10(9)12(11)14-13(15)16/h2-6,11-12,14H,1,7-8H2,(H,15,16)/t11-,12-/m1/s1. The Morgan fingerprint density at radius 1 is 1.59 bits per heavy atom. The van der Waals surface area contributed by atoms with Gasteiger partial charge in [0.05, 0.1) is 18.8 Å². The first-order valence-electron chi connectivity index (χ1n) is 5.52. The monoisotopic (exact) mass is 233 g/mol. The highest BCUT2D eigenvalue weighted by Gasteiger charge is 2.33. The normalized spacial score (nSPS) is 21.9. The Morgan fingerprint density at radius 3 is 3.06 bits per heavy atom. The van der Waals surface area contributed by atoms with Crippen LogP contribution in [0.15, 0.2) is 36.9 Å². The Bertz CT molecular complexity index is 430. The largest absolute Gasteiger partial charge is 0.465 e. The zero-order valence-electron chi connectivity index (χ0n) is 9.43. The number of ether oxygens (including phenoxy) is 1. The third-order valence-electron chi connectivity index (χ3n) is 2.89. The second kappa shape index (κ2) is 5.01. The fourth-order valence-corrected chi connectivity index (χ4v) is 2.21. The fraction of sp³-hybridized carbons (Fsp3) is 0.308. The van der Waals surface area contributed by atoms with Gasteiger partial charge in [-0.3, -0.25) is 0 Å². The Morgan fingerprint density at radius 2 is 2.35 bits per heavy atom. The van der Waals surface area contributed by atoms with E-state index in [-0.39, 0.29) is 12.1 Å². The van der Waals surface area contributed by atoms with Gasteiger partial charge in [0.25, 0.3) is 0 Å². The molecule has 2 rings (SSSR count). The molecule has 0 fully saturated rings. The number of nitrogens with one attached hydrogen (secondary N) is 1. The van der Waals surface area contributed by atoms with Crippen LogP contribution in [0.1, 0.15) is 17.2 Å². The molecule has 1 aromatic carbocycles. The third kappa shape index (κ3) is 2.47. The number of hydrogen-bond donors (Lipinski definition) is 2. The van der Waals surface area contributed by atoms with E-state index >= 15 is 0 Å². The molecule has 0 saturated heterocycles. The molecule has 0 radical (unpaired) electrons. The van der Waals surface area contributed by atoms with Gasteiger partial charge in [0.2, 0.25) is 0 Å². The summed E-state index contributed by atoms with van der Waals surface area (Å²) < 4.78 is 5.60. The van der Waals surface area contributed by atoms with Crippen LogP contribution in [0.4, 0.5) is 4.79 Å². The lowest BCUT2D eigenvalue weighted by atomic mass is 10.1. The summed E-state index contributed by atoms with van der Waals surface area (Å²) in [6, 6.07) is 7.51. The molecule has 0 saturated carbocycles. The molecule has 2 atom stereocenters. The van der Waals surface area contributed by atoms with Crippen LogP contribution >= 0.6 is 0 Å². The van der Waals surface area contributed by atoms with Gasteiger partial charge in [0.1, 0.15) is 0 Å². The van der Waals surface area contributed by atoms with E-state index in [4.69, 9.17) is 9.84 Å². The predicted octanol–water partition coefficient (Wildman–Crippen LogP) is 2.12. The molecule has 2 N–H and O–H groups in total. The average molecular weight is 233 g/mol. The van der Waals surface area contributed by atoms with Crippen LogP contribution in [-0.2, 0) is 11.2 Å². The molecule has 0 unspecified atom stereocenters. The highest BCUT2D eigenvalue weighted by molar-refractivity contribution is 5.66. The molecule has 0 spiro atoms. The number of fused-ring (bicyclic) bond motifs is 1. The number of carbonyl (C=O) groups is 1. The van der Waals surface area contributed by atoms with Crippen LogP contribution in [0.2, 0.25) is 0 Å². The fourth-order valence-electron chi connectivity index (χ4n) is 2.21. The summed E-state index contributed by atoms with van der Waals surface area (Å²) in [5.74, 6) is 0. The molecule has 1 amide bonds. The number of rotatable bonds is 4. The lowest BCUT2D eigenvalue weighted by Gasteiger charge is -2.20. The first-order chi connectivity index (χ1) is 8.22. The third-order valence-corrected chi connectivity index (χ3v) is 2.89. The molecule has 1 aliphatic rings. The maximum atomic E-state index is 10.8. The van der Waals surface area contributed by atoms with Gasteiger partial charge in [0, 0.05) is 6.42 Å². The van der Waals surface area contributed by atoms with Crippen molar-refractivity contribution < 1.29 is 14.6 Å². The van der Waals surface area contributed by atoms with Gasteiger partial charge in [0.15, 0.2) is 0 Å². The van der Waals surface area contributed by atoms with E-state index in [1.54, 1.807) is 6.08 Å². The van der Waals surface area contributed by atoms with E-state index in [1.807, 2.05) is 24.3 Å². The maximum absolute atomic E-state index is 10.8. The molecule has 1 aliphatic carbocycles. The molecule has 4 nitrogen and oxygen atoms in total. The number of hydrogen-bond acceptors (Lipinski definition) is 2. The average Bonchev–Trinajstić information content (AvgIpc) is 2.64. The molecule has 0 bridgehead atoms. The Balaban J connectivity index is 2.20. The summed E-state index contributed by atoms with van der Waals surface area (Å²) >= 11 is 0. The molecular weight excluding hydrogens is 218 g/mol. The Labute approximate surface area is 99.9 Å². The van der Waals surface area contributed by atoms with Crippen LogP contribution in [0.25, 0.3) is 0 Å². The SMILES string of the molecule is C=CCO[C@@H]1Cc2ccccc2[C@H]1NC(=O)O. The van der Waals surface area contributed by atoms with Crippen molar-refractivity contribution >= 4 is 6.09 Å². The second-order valence-corrected chi connectivity index (χ2v) is 3.99. The van der Waals surface area contributed by atoms with Gasteiger partial charge in [-0.2, -0.15) is 0 Å². The molecule has 1 aromatic rings. The predicted molar refractivity (Wildman–Crippen MR) is 64.0 cm³/mol. The molecular formula is C13H15NO3. The van der Waals surface area contributed by atoms with Crippen molar-refractivity contribution in [1.29, 1.82) is 0 Å². The van der Waals surface area contributed by atoms with Crippen molar-refractivity contribution in [3.63, 3.8) is 0 Å². The van der Waals surface area contributed by atoms with Crippen LogP contribution in [0.3, 0.4) is 0 Å². The van der Waals surface area contributed by atoms with Crippen LogP contribution in [0.5, 0.6) is 0 Å². The van der Waals surface area contributed by atoms with Crippen molar-refractivity contribution in [1.82, 2.24) is 5.32 Å². The van der Waals surface area contributed by atoms with E-state index < -0.39 is 6.09 Å². The topological polar surface area (TPSA) is 58.6 Å². The van der Waals surface area contributed by atoms with E-state index in [0.717, 1.165) is 17.5 Å². The van der Waals surface area contributed by atoms with Crippen molar-refractivity contribution in [2.75, 3.05) is 6.61 Å². The van der Waals surface area contributed by atoms with Crippen molar-refractivity contribution in [2.24, 2.45) is 0 Å². The quantitative estimate of drug-likeness (QED) is 0.783. The molecule has 0 heterocycles. The number of benzene rings is 1. The van der Waals surface area contributed by atoms with Crippen LogP contribution in [0, 0.1) is 0 Å². The Kier molecular flexibility index (Phi) is 3.44. The van der Waals surface area contributed by atoms with E-state index in [2.05, 4.69) is 11.9 Å². The minimum atomic E-state index is -1.03. The van der Waals surface area contributed by atoms with E-state index in [0.29, 0.717) is 6.61 Å². The van der Waals surface area contributed by atoms with Gasteiger partial charge in [-0.25, -0.2) is 4.79 Å². The zero-order chi connectivity index (χ0) is 12.3. The Hall–Kier alpha value is -1.81. The van der Waals surface area contributed by atoms with Gasteiger partial charge in [-0.1, -0.05) is 30.3 Å². The van der Waals surface area contributed by atoms with Crippen molar-refractivity contribution in [3.05, 3.63) is 48.0 Å². The summed E-state index contributed by atoms with van der Waals surface area (Å²) in [5.41, 5.74) is 2.14. The van der Waals surface area contributed by atoms with Crippen LogP contribution in [-0.4, -0.2) is 23.9 Å². The summed E-state index contributed by atoms with van der Waals surface area (Å²) in [4.78, 5) is 10.8.